The minimum Gasteiger partial charge on any atom is -0.439 e. The summed E-state index contributed by atoms with van der Waals surface area (Å²) in [6.07, 6.45) is 3.50. The first kappa shape index (κ1) is 20.3. The van der Waals surface area contributed by atoms with Crippen molar-refractivity contribution >= 4 is 27.7 Å². The number of benzene rings is 1. The van der Waals surface area contributed by atoms with Crippen LogP contribution in [0, 0.1) is 5.92 Å². The lowest BCUT2D eigenvalue weighted by atomic mass is 10.0. The second-order valence-electron chi connectivity index (χ2n) is 7.17. The zero-order valence-electron chi connectivity index (χ0n) is 16.0. The number of amides is 2. The molecule has 0 radical (unpaired) electrons. The van der Waals surface area contributed by atoms with Crippen LogP contribution < -0.4 is 10.1 Å². The van der Waals surface area contributed by atoms with Gasteiger partial charge in [-0.05, 0) is 43.0 Å². The summed E-state index contributed by atoms with van der Waals surface area (Å²) in [4.78, 5) is 31.4. The van der Waals surface area contributed by atoms with Gasteiger partial charge in [0, 0.05) is 29.8 Å². The van der Waals surface area contributed by atoms with E-state index in [4.69, 9.17) is 4.74 Å². The van der Waals surface area contributed by atoms with Gasteiger partial charge in [-0.1, -0.05) is 35.8 Å². The molecular formula is C21H24BrN3O3. The maximum Gasteiger partial charge on any atom is 0.253 e. The van der Waals surface area contributed by atoms with Crippen molar-refractivity contribution in [2.45, 2.75) is 32.7 Å². The second kappa shape index (κ2) is 9.19. The molecule has 1 atom stereocenters. The molecule has 2 amide bonds. The number of rotatable bonds is 6. The minimum absolute atomic E-state index is 0.00384. The Morgan fingerprint density at radius 1 is 1.18 bits per heavy atom. The first-order valence-corrected chi connectivity index (χ1v) is 10.2. The van der Waals surface area contributed by atoms with E-state index in [0.29, 0.717) is 17.2 Å². The number of carbonyl (C=O) groups is 2. The van der Waals surface area contributed by atoms with Crippen molar-refractivity contribution in [3.05, 3.63) is 52.6 Å². The minimum atomic E-state index is -0.539. The van der Waals surface area contributed by atoms with Crippen LogP contribution >= 0.6 is 15.9 Å². The number of hydrogen-bond acceptors (Lipinski definition) is 4. The highest BCUT2D eigenvalue weighted by Gasteiger charge is 2.30. The van der Waals surface area contributed by atoms with Crippen molar-refractivity contribution in [2.75, 3.05) is 13.1 Å². The van der Waals surface area contributed by atoms with Gasteiger partial charge in [0.1, 0.15) is 11.8 Å². The molecule has 3 rings (SSSR count). The van der Waals surface area contributed by atoms with Gasteiger partial charge < -0.3 is 15.0 Å². The van der Waals surface area contributed by atoms with E-state index in [0.717, 1.165) is 30.4 Å². The number of hydrogen-bond donors (Lipinski definition) is 1. The van der Waals surface area contributed by atoms with Crippen molar-refractivity contribution in [3.8, 4) is 11.6 Å². The Labute approximate surface area is 173 Å². The average Bonchev–Trinajstić information content (AvgIpc) is 3.20. The fourth-order valence-corrected chi connectivity index (χ4v) is 3.48. The number of halogens is 1. The zero-order chi connectivity index (χ0) is 20.1. The smallest absolute Gasteiger partial charge is 0.253 e. The van der Waals surface area contributed by atoms with Crippen LogP contribution in [0.5, 0.6) is 11.6 Å². The van der Waals surface area contributed by atoms with Crippen LogP contribution in [0.2, 0.25) is 0 Å². The lowest BCUT2D eigenvalue weighted by Crippen LogP contribution is -2.50. The number of pyridine rings is 1. The van der Waals surface area contributed by atoms with E-state index in [2.05, 4.69) is 26.2 Å². The number of nitrogens with one attached hydrogen (secondary N) is 1. The molecule has 0 aliphatic carbocycles. The molecular weight excluding hydrogens is 422 g/mol. The monoisotopic (exact) mass is 445 g/mol. The summed E-state index contributed by atoms with van der Waals surface area (Å²) in [5, 5.41) is 2.87. The van der Waals surface area contributed by atoms with E-state index in [-0.39, 0.29) is 17.7 Å². The molecule has 0 unspecified atom stereocenters. The Bertz CT molecular complexity index is 833. The summed E-state index contributed by atoms with van der Waals surface area (Å²) >= 11 is 3.39. The van der Waals surface area contributed by atoms with Crippen molar-refractivity contribution in [1.82, 2.24) is 15.2 Å². The van der Waals surface area contributed by atoms with Crippen LogP contribution in [0.1, 0.15) is 37.0 Å². The lowest BCUT2D eigenvalue weighted by molar-refractivity contribution is -0.133. The molecule has 1 fully saturated rings. The quantitative estimate of drug-likeness (QED) is 0.728. The largest absolute Gasteiger partial charge is 0.439 e. The Kier molecular flexibility index (Phi) is 6.67. The zero-order valence-corrected chi connectivity index (χ0v) is 17.6. The number of aromatic nitrogens is 1. The summed E-state index contributed by atoms with van der Waals surface area (Å²) in [6, 6.07) is 10.2. The van der Waals surface area contributed by atoms with Crippen LogP contribution in [0.15, 0.2) is 47.1 Å². The van der Waals surface area contributed by atoms with Crippen LogP contribution in [-0.4, -0.2) is 40.8 Å². The first-order chi connectivity index (χ1) is 13.4. The van der Waals surface area contributed by atoms with E-state index >= 15 is 0 Å². The molecule has 28 heavy (non-hydrogen) atoms. The third-order valence-corrected chi connectivity index (χ3v) is 5.15. The summed E-state index contributed by atoms with van der Waals surface area (Å²) in [5.74, 6) is 0.721. The highest BCUT2D eigenvalue weighted by Crippen LogP contribution is 2.23. The fraction of sp³-hybridized carbons (Fsp3) is 0.381. The highest BCUT2D eigenvalue weighted by molar-refractivity contribution is 9.10. The Balaban J connectivity index is 1.65. The van der Waals surface area contributed by atoms with Gasteiger partial charge in [-0.25, -0.2) is 4.98 Å². The number of nitrogens with zero attached hydrogens (tertiary/aromatic N) is 2. The van der Waals surface area contributed by atoms with Gasteiger partial charge in [-0.2, -0.15) is 0 Å². The van der Waals surface area contributed by atoms with Crippen molar-refractivity contribution < 1.29 is 14.3 Å². The average molecular weight is 446 g/mol. The molecule has 2 aromatic rings. The van der Waals surface area contributed by atoms with Gasteiger partial charge in [0.05, 0.1) is 5.56 Å². The number of carbonyl (C=O) groups excluding carboxylic acids is 2. The van der Waals surface area contributed by atoms with Crippen LogP contribution in [0.4, 0.5) is 0 Å². The lowest BCUT2D eigenvalue weighted by Gasteiger charge is -2.26. The molecule has 7 heteroatoms. The van der Waals surface area contributed by atoms with Gasteiger partial charge in [-0.15, -0.1) is 0 Å². The first-order valence-electron chi connectivity index (χ1n) is 9.43. The molecule has 0 spiro atoms. The summed E-state index contributed by atoms with van der Waals surface area (Å²) in [7, 11) is 0. The third-order valence-electron chi connectivity index (χ3n) is 4.65. The maximum absolute atomic E-state index is 12.7. The second-order valence-corrected chi connectivity index (χ2v) is 8.09. The van der Waals surface area contributed by atoms with Gasteiger partial charge in [0.2, 0.25) is 11.8 Å². The van der Waals surface area contributed by atoms with Crippen LogP contribution in [0.25, 0.3) is 0 Å². The fourth-order valence-electron chi connectivity index (χ4n) is 3.10. The van der Waals surface area contributed by atoms with Gasteiger partial charge >= 0.3 is 0 Å². The molecule has 1 N–H and O–H groups in total. The number of ether oxygens (including phenoxy) is 1. The van der Waals surface area contributed by atoms with Gasteiger partial charge in [0.25, 0.3) is 5.91 Å². The van der Waals surface area contributed by atoms with E-state index in [1.807, 2.05) is 43.0 Å². The Morgan fingerprint density at radius 3 is 2.54 bits per heavy atom. The number of likely N-dealkylation sites (tertiary alicyclic amines) is 1. The van der Waals surface area contributed by atoms with E-state index in [1.54, 1.807) is 12.1 Å². The Hall–Kier alpha value is -2.41. The normalized spacial score (nSPS) is 14.8. The summed E-state index contributed by atoms with van der Waals surface area (Å²) < 4.78 is 6.59. The van der Waals surface area contributed by atoms with Crippen molar-refractivity contribution in [3.63, 3.8) is 0 Å². The van der Waals surface area contributed by atoms with E-state index < -0.39 is 6.04 Å². The van der Waals surface area contributed by atoms with E-state index in [9.17, 15) is 9.59 Å². The molecule has 1 saturated heterocycles. The molecule has 1 aliphatic heterocycles. The molecule has 1 aromatic carbocycles. The van der Waals surface area contributed by atoms with Crippen LogP contribution in [-0.2, 0) is 4.79 Å². The van der Waals surface area contributed by atoms with E-state index in [1.165, 1.54) is 6.20 Å². The molecule has 2 heterocycles. The molecule has 1 aliphatic rings. The third kappa shape index (κ3) is 5.10. The Morgan fingerprint density at radius 2 is 1.93 bits per heavy atom. The SMILES string of the molecule is CC(C)[C@H](NC(=O)c1ccc(Oc2cccc(Br)c2)nc1)C(=O)N1CCCC1. The summed E-state index contributed by atoms with van der Waals surface area (Å²) in [5.41, 5.74) is 0.390. The molecule has 0 saturated carbocycles. The van der Waals surface area contributed by atoms with Gasteiger partial charge in [-0.3, -0.25) is 9.59 Å². The highest BCUT2D eigenvalue weighted by atomic mass is 79.9. The molecule has 1 aromatic heterocycles. The maximum atomic E-state index is 12.7. The summed E-state index contributed by atoms with van der Waals surface area (Å²) in [6.45, 7) is 5.40. The van der Waals surface area contributed by atoms with Crippen LogP contribution in [0.3, 0.4) is 0 Å². The van der Waals surface area contributed by atoms with Crippen molar-refractivity contribution in [1.29, 1.82) is 0 Å². The topological polar surface area (TPSA) is 71.5 Å². The standard InChI is InChI=1S/C21H24BrN3O3/c1-14(2)19(21(27)25-10-3-4-11-25)24-20(26)15-8-9-18(23-13-15)28-17-7-5-6-16(22)12-17/h5-9,12-14,19H,3-4,10-11H2,1-2H3,(H,24,26)/t19-/m0/s1. The molecule has 6 nitrogen and oxygen atoms in total. The molecule has 0 bridgehead atoms. The molecule has 148 valence electrons. The van der Waals surface area contributed by atoms with Gasteiger partial charge in [0.15, 0.2) is 0 Å². The predicted molar refractivity (Wildman–Crippen MR) is 110 cm³/mol. The van der Waals surface area contributed by atoms with Crippen molar-refractivity contribution in [2.24, 2.45) is 5.92 Å². The predicted octanol–water partition coefficient (Wildman–Crippen LogP) is 4.01.